The van der Waals surface area contributed by atoms with Crippen LogP contribution in [0.25, 0.3) is 6.08 Å². The first-order chi connectivity index (χ1) is 19.0. The number of rotatable bonds is 7. The lowest BCUT2D eigenvalue weighted by molar-refractivity contribution is -0.122. The summed E-state index contributed by atoms with van der Waals surface area (Å²) in [6, 6.07) is 22.9. The number of ether oxygens (including phenoxy) is 2. The van der Waals surface area contributed by atoms with Crippen LogP contribution in [0.3, 0.4) is 0 Å². The minimum absolute atomic E-state index is 0.0387. The largest absolute Gasteiger partial charge is 0.488 e. The normalized spacial score (nSPS) is 17.7. The molecule has 0 unspecified atom stereocenters. The number of hydrogen-bond donors (Lipinski definition) is 0. The number of morpholine rings is 1. The van der Waals surface area contributed by atoms with E-state index in [2.05, 4.69) is 15.9 Å². The fourth-order valence-electron chi connectivity index (χ4n) is 4.25. The minimum atomic E-state index is -0.107. The molecule has 7 nitrogen and oxygen atoms in total. The quantitative estimate of drug-likeness (QED) is 0.303. The van der Waals surface area contributed by atoms with E-state index in [0.29, 0.717) is 66.5 Å². The van der Waals surface area contributed by atoms with Gasteiger partial charge in [-0.15, -0.1) is 0 Å². The zero-order valence-electron chi connectivity index (χ0n) is 21.5. The molecule has 2 heterocycles. The molecule has 0 spiro atoms. The lowest BCUT2D eigenvalue weighted by atomic mass is 10.1. The Bertz CT molecular complexity index is 1420. The number of para-hydroxylation sites is 1. The van der Waals surface area contributed by atoms with Crippen LogP contribution in [-0.2, 0) is 16.1 Å². The average molecular weight is 607 g/mol. The maximum absolute atomic E-state index is 13.3. The summed E-state index contributed by atoms with van der Waals surface area (Å²) >= 11 is 4.78. The third-order valence-electron chi connectivity index (χ3n) is 6.33. The molecule has 0 N–H and O–H groups in total. The van der Waals surface area contributed by atoms with Crippen molar-refractivity contribution in [3.8, 4) is 5.75 Å². The van der Waals surface area contributed by atoms with E-state index < -0.39 is 0 Å². The van der Waals surface area contributed by atoms with E-state index in [1.807, 2.05) is 73.7 Å². The second kappa shape index (κ2) is 12.6. The van der Waals surface area contributed by atoms with Gasteiger partial charge < -0.3 is 14.4 Å². The monoisotopic (exact) mass is 605 g/mol. The second-order valence-electron chi connectivity index (χ2n) is 8.96. The number of thioether (sulfide) groups is 1. The van der Waals surface area contributed by atoms with Crippen molar-refractivity contribution >= 4 is 56.4 Å². The molecule has 0 aliphatic carbocycles. The molecule has 9 heteroatoms. The van der Waals surface area contributed by atoms with Crippen molar-refractivity contribution in [2.24, 2.45) is 4.99 Å². The summed E-state index contributed by atoms with van der Waals surface area (Å²) in [5.41, 5.74) is 3.07. The highest BCUT2D eigenvalue weighted by Crippen LogP contribution is 2.35. The van der Waals surface area contributed by atoms with E-state index in [1.54, 1.807) is 21.9 Å². The van der Waals surface area contributed by atoms with Gasteiger partial charge in [0.15, 0.2) is 5.17 Å². The predicted molar refractivity (Wildman–Crippen MR) is 158 cm³/mol. The molecule has 0 aromatic heterocycles. The molecular formula is C30H28BrN3O4S. The number of likely N-dealkylation sites (N-methyl/N-ethyl adjacent to an activating group) is 1. The Labute approximate surface area is 240 Å². The Morgan fingerprint density at radius 2 is 1.85 bits per heavy atom. The first-order valence-electron chi connectivity index (χ1n) is 12.8. The number of benzene rings is 3. The summed E-state index contributed by atoms with van der Waals surface area (Å²) < 4.78 is 12.5. The smallest absolute Gasteiger partial charge is 0.266 e. The highest BCUT2D eigenvalue weighted by molar-refractivity contribution is 9.10. The molecular weight excluding hydrogens is 578 g/mol. The Morgan fingerprint density at radius 3 is 2.62 bits per heavy atom. The summed E-state index contributed by atoms with van der Waals surface area (Å²) in [7, 11) is 0. The van der Waals surface area contributed by atoms with Crippen molar-refractivity contribution < 1.29 is 19.1 Å². The van der Waals surface area contributed by atoms with Gasteiger partial charge in [-0.2, -0.15) is 0 Å². The summed E-state index contributed by atoms with van der Waals surface area (Å²) in [6.07, 6.45) is 1.85. The van der Waals surface area contributed by atoms with Crippen LogP contribution in [0.2, 0.25) is 0 Å². The molecule has 2 aliphatic rings. The van der Waals surface area contributed by atoms with Crippen molar-refractivity contribution in [3.05, 3.63) is 98.9 Å². The maximum Gasteiger partial charge on any atom is 0.266 e. The van der Waals surface area contributed by atoms with Crippen LogP contribution in [0.1, 0.15) is 28.4 Å². The van der Waals surface area contributed by atoms with E-state index in [-0.39, 0.29) is 11.8 Å². The summed E-state index contributed by atoms with van der Waals surface area (Å²) in [5.74, 6) is 0.553. The first-order valence-corrected chi connectivity index (χ1v) is 14.4. The van der Waals surface area contributed by atoms with Crippen molar-refractivity contribution in [1.82, 2.24) is 9.80 Å². The van der Waals surface area contributed by atoms with Crippen molar-refractivity contribution in [3.63, 3.8) is 0 Å². The van der Waals surface area contributed by atoms with E-state index in [9.17, 15) is 9.59 Å². The predicted octanol–water partition coefficient (Wildman–Crippen LogP) is 6.12. The number of amidine groups is 1. The Morgan fingerprint density at radius 1 is 1.08 bits per heavy atom. The maximum atomic E-state index is 13.3. The summed E-state index contributed by atoms with van der Waals surface area (Å²) in [4.78, 5) is 35.0. The van der Waals surface area contributed by atoms with Gasteiger partial charge in [-0.3, -0.25) is 14.5 Å². The van der Waals surface area contributed by atoms with Crippen LogP contribution in [-0.4, -0.2) is 59.6 Å². The summed E-state index contributed by atoms with van der Waals surface area (Å²) in [6.45, 7) is 5.07. The molecule has 0 saturated carbocycles. The molecule has 0 radical (unpaired) electrons. The third kappa shape index (κ3) is 6.61. The van der Waals surface area contributed by atoms with Crippen LogP contribution >= 0.6 is 27.7 Å². The number of carbonyl (C=O) groups is 2. The van der Waals surface area contributed by atoms with E-state index in [0.717, 1.165) is 15.6 Å². The van der Waals surface area contributed by atoms with E-state index in [1.165, 1.54) is 11.8 Å². The highest BCUT2D eigenvalue weighted by atomic mass is 79.9. The van der Waals surface area contributed by atoms with Crippen LogP contribution in [0.15, 0.2) is 87.2 Å². The fourth-order valence-corrected chi connectivity index (χ4v) is 5.57. The Balaban J connectivity index is 1.35. The lowest BCUT2D eigenvalue weighted by Crippen LogP contribution is -2.40. The van der Waals surface area contributed by atoms with E-state index >= 15 is 0 Å². The van der Waals surface area contributed by atoms with Crippen molar-refractivity contribution in [2.75, 3.05) is 32.8 Å². The van der Waals surface area contributed by atoms with Crippen LogP contribution < -0.4 is 4.74 Å². The standard InChI is InChI=1S/C30H28BrN3O4S/c1-2-34-29(36)27(19-22-6-3-4-9-26(22)38-20-21-10-12-24(31)13-11-21)39-30(34)32-25-8-5-7-23(18-25)28(35)33-14-16-37-17-15-33/h3-13,18-19H,2,14-17,20H2,1H3/b27-19+,32-30?. The van der Waals surface area contributed by atoms with Gasteiger partial charge in [0.1, 0.15) is 12.4 Å². The van der Waals surface area contributed by atoms with Crippen LogP contribution in [0.4, 0.5) is 5.69 Å². The molecule has 200 valence electrons. The van der Waals surface area contributed by atoms with E-state index in [4.69, 9.17) is 14.5 Å². The minimum Gasteiger partial charge on any atom is -0.488 e. The molecule has 3 aromatic rings. The number of halogens is 1. The molecule has 0 atom stereocenters. The van der Waals surface area contributed by atoms with Gasteiger partial charge in [0.2, 0.25) is 0 Å². The molecule has 5 rings (SSSR count). The van der Waals surface area contributed by atoms with Gasteiger partial charge in [-0.1, -0.05) is 52.3 Å². The fraction of sp³-hybridized carbons (Fsp3) is 0.233. The Hall–Kier alpha value is -3.40. The Kier molecular flexibility index (Phi) is 8.81. The molecule has 0 bridgehead atoms. The lowest BCUT2D eigenvalue weighted by Gasteiger charge is -2.26. The summed E-state index contributed by atoms with van der Waals surface area (Å²) in [5, 5.41) is 0.581. The third-order valence-corrected chi connectivity index (χ3v) is 7.87. The number of amides is 2. The molecule has 2 aliphatic heterocycles. The number of hydrogen-bond acceptors (Lipinski definition) is 6. The van der Waals surface area contributed by atoms with Gasteiger partial charge in [-0.25, -0.2) is 4.99 Å². The number of aliphatic imine (C=N–C) groups is 1. The number of nitrogens with zero attached hydrogens (tertiary/aromatic N) is 3. The molecule has 2 saturated heterocycles. The van der Waals surface area contributed by atoms with Gasteiger partial charge in [0, 0.05) is 35.2 Å². The molecule has 2 fully saturated rings. The highest BCUT2D eigenvalue weighted by Gasteiger charge is 2.32. The van der Waals surface area contributed by atoms with Gasteiger partial charge in [-0.05, 0) is 66.7 Å². The zero-order chi connectivity index (χ0) is 27.2. The van der Waals surface area contributed by atoms with Crippen LogP contribution in [0, 0.1) is 0 Å². The molecule has 3 aromatic carbocycles. The SMILES string of the molecule is CCN1C(=O)/C(=C\c2ccccc2OCc2ccc(Br)cc2)SC1=Nc1cccc(C(=O)N2CCOCC2)c1. The van der Waals surface area contributed by atoms with Gasteiger partial charge in [0.05, 0.1) is 23.8 Å². The van der Waals surface area contributed by atoms with Crippen molar-refractivity contribution in [1.29, 1.82) is 0 Å². The van der Waals surface area contributed by atoms with Crippen LogP contribution in [0.5, 0.6) is 5.75 Å². The molecule has 2 amide bonds. The van der Waals surface area contributed by atoms with Crippen molar-refractivity contribution in [2.45, 2.75) is 13.5 Å². The second-order valence-corrected chi connectivity index (χ2v) is 10.9. The average Bonchev–Trinajstić information content (AvgIpc) is 3.26. The number of carbonyl (C=O) groups excluding carboxylic acids is 2. The van der Waals surface area contributed by atoms with Gasteiger partial charge >= 0.3 is 0 Å². The zero-order valence-corrected chi connectivity index (χ0v) is 23.9. The van der Waals surface area contributed by atoms with Gasteiger partial charge in [0.25, 0.3) is 11.8 Å². The molecule has 39 heavy (non-hydrogen) atoms. The topological polar surface area (TPSA) is 71.4 Å². The first kappa shape index (κ1) is 27.2.